The molecule has 2 aromatic rings. The quantitative estimate of drug-likeness (QED) is 0.812. The molecule has 118 valence electrons. The molecule has 2 rings (SSSR count). The molecule has 0 aromatic heterocycles. The number of rotatable bonds is 2. The topological polar surface area (TPSA) is 46.2 Å². The number of phenolic OH excluding ortho intramolecular Hbond substituents is 1. The molecule has 0 radical (unpaired) electrons. The Labute approximate surface area is 125 Å². The third-order valence-corrected chi connectivity index (χ3v) is 3.42. The fourth-order valence-electron chi connectivity index (χ4n) is 2.50. The summed E-state index contributed by atoms with van der Waals surface area (Å²) in [7, 11) is 0. The van der Waals surface area contributed by atoms with Gasteiger partial charge < -0.3 is 10.8 Å². The van der Waals surface area contributed by atoms with Crippen LogP contribution in [0.25, 0.3) is 11.1 Å². The van der Waals surface area contributed by atoms with E-state index in [0.29, 0.717) is 11.6 Å². The summed E-state index contributed by atoms with van der Waals surface area (Å²) < 4.78 is 52.8. The van der Waals surface area contributed by atoms with Crippen LogP contribution in [0.1, 0.15) is 22.3 Å². The van der Waals surface area contributed by atoms with Gasteiger partial charge in [-0.25, -0.2) is 4.39 Å². The maximum atomic E-state index is 13.9. The van der Waals surface area contributed by atoms with Gasteiger partial charge in [0, 0.05) is 17.7 Å². The highest BCUT2D eigenvalue weighted by molar-refractivity contribution is 5.75. The average Bonchev–Trinajstić information content (AvgIpc) is 2.37. The summed E-state index contributed by atoms with van der Waals surface area (Å²) in [5.41, 5.74) is 5.41. The van der Waals surface area contributed by atoms with Crippen LogP contribution in [0.15, 0.2) is 24.3 Å². The number of hydrogen-bond acceptors (Lipinski definition) is 2. The predicted octanol–water partition coefficient (Wildman–Crippen LogP) is 4.29. The van der Waals surface area contributed by atoms with Crippen LogP contribution in [0.4, 0.5) is 17.6 Å². The minimum absolute atomic E-state index is 0.0872. The molecule has 0 saturated carbocycles. The number of halogens is 4. The van der Waals surface area contributed by atoms with E-state index in [1.54, 1.807) is 19.9 Å². The lowest BCUT2D eigenvalue weighted by Gasteiger charge is -2.16. The largest absolute Gasteiger partial charge is 0.507 e. The van der Waals surface area contributed by atoms with Crippen molar-refractivity contribution in [1.29, 1.82) is 0 Å². The van der Waals surface area contributed by atoms with Crippen LogP contribution in [-0.4, -0.2) is 5.11 Å². The van der Waals surface area contributed by atoms with Gasteiger partial charge in [0.25, 0.3) is 0 Å². The Bertz CT molecular complexity index is 700. The van der Waals surface area contributed by atoms with Gasteiger partial charge in [-0.3, -0.25) is 0 Å². The monoisotopic (exact) mass is 313 g/mol. The Morgan fingerprint density at radius 2 is 1.73 bits per heavy atom. The lowest BCUT2D eigenvalue weighted by molar-refractivity contribution is -0.140. The van der Waals surface area contributed by atoms with E-state index in [1.807, 2.05) is 0 Å². The van der Waals surface area contributed by atoms with Crippen LogP contribution >= 0.6 is 0 Å². The summed E-state index contributed by atoms with van der Waals surface area (Å²) in [6, 6.07) is 5.11. The predicted molar refractivity (Wildman–Crippen MR) is 75.9 cm³/mol. The van der Waals surface area contributed by atoms with Gasteiger partial charge in [0.2, 0.25) is 0 Å². The second-order valence-electron chi connectivity index (χ2n) is 5.17. The zero-order valence-electron chi connectivity index (χ0n) is 12.1. The van der Waals surface area contributed by atoms with Crippen molar-refractivity contribution in [3.05, 3.63) is 52.3 Å². The van der Waals surface area contributed by atoms with E-state index in [1.165, 1.54) is 12.1 Å². The Balaban J connectivity index is 2.77. The number of alkyl halides is 3. The molecule has 0 spiro atoms. The first kappa shape index (κ1) is 16.3. The maximum Gasteiger partial charge on any atom is 0.419 e. The van der Waals surface area contributed by atoms with Crippen molar-refractivity contribution in [1.82, 2.24) is 0 Å². The number of nitrogens with two attached hydrogens (primary N) is 1. The SMILES string of the molecule is Cc1cc(C)c(-c2cc(CN)c(F)c(C(F)(F)F)c2)c(O)c1. The highest BCUT2D eigenvalue weighted by atomic mass is 19.4. The zero-order valence-corrected chi connectivity index (χ0v) is 12.1. The standard InChI is InChI=1S/C16H15F4NO/c1-8-3-9(2)14(13(22)4-8)10-5-11(7-21)15(17)12(6-10)16(18,19)20/h3-6,22H,7,21H2,1-2H3. The molecule has 6 heteroatoms. The fourth-order valence-corrected chi connectivity index (χ4v) is 2.50. The smallest absolute Gasteiger partial charge is 0.419 e. The van der Waals surface area contributed by atoms with Gasteiger partial charge in [-0.05, 0) is 48.7 Å². The van der Waals surface area contributed by atoms with Crippen molar-refractivity contribution in [2.24, 2.45) is 5.73 Å². The summed E-state index contributed by atoms with van der Waals surface area (Å²) in [4.78, 5) is 0. The molecule has 0 fully saturated rings. The zero-order chi connectivity index (χ0) is 16.7. The van der Waals surface area contributed by atoms with Crippen molar-refractivity contribution >= 4 is 0 Å². The van der Waals surface area contributed by atoms with Gasteiger partial charge in [0.15, 0.2) is 0 Å². The first-order valence-electron chi connectivity index (χ1n) is 6.55. The number of aryl methyl sites for hydroxylation is 2. The fraction of sp³-hybridized carbons (Fsp3) is 0.250. The van der Waals surface area contributed by atoms with Crippen molar-refractivity contribution < 1.29 is 22.7 Å². The van der Waals surface area contributed by atoms with Crippen molar-refractivity contribution in [3.63, 3.8) is 0 Å². The van der Waals surface area contributed by atoms with Crippen molar-refractivity contribution in [2.45, 2.75) is 26.6 Å². The van der Waals surface area contributed by atoms with E-state index in [2.05, 4.69) is 0 Å². The van der Waals surface area contributed by atoms with Gasteiger partial charge in [0.05, 0.1) is 5.56 Å². The second kappa shape index (κ2) is 5.61. The third kappa shape index (κ3) is 2.92. The molecule has 0 atom stereocenters. The maximum absolute atomic E-state index is 13.9. The van der Waals surface area contributed by atoms with Gasteiger partial charge in [-0.1, -0.05) is 6.07 Å². The first-order chi connectivity index (χ1) is 10.1. The Morgan fingerprint density at radius 1 is 1.09 bits per heavy atom. The molecule has 22 heavy (non-hydrogen) atoms. The molecule has 0 saturated heterocycles. The average molecular weight is 313 g/mol. The van der Waals surface area contributed by atoms with Gasteiger partial charge in [-0.15, -0.1) is 0 Å². The van der Waals surface area contributed by atoms with E-state index < -0.39 is 17.6 Å². The van der Waals surface area contributed by atoms with Crippen LogP contribution < -0.4 is 5.73 Å². The molecule has 0 amide bonds. The first-order valence-corrected chi connectivity index (χ1v) is 6.55. The van der Waals surface area contributed by atoms with Crippen molar-refractivity contribution in [3.8, 4) is 16.9 Å². The summed E-state index contributed by atoms with van der Waals surface area (Å²) >= 11 is 0. The van der Waals surface area contributed by atoms with E-state index in [4.69, 9.17) is 5.73 Å². The lowest BCUT2D eigenvalue weighted by atomic mass is 9.94. The van der Waals surface area contributed by atoms with Crippen LogP contribution in [0, 0.1) is 19.7 Å². The Hall–Kier alpha value is -2.08. The van der Waals surface area contributed by atoms with Crippen LogP contribution in [0.2, 0.25) is 0 Å². The van der Waals surface area contributed by atoms with Crippen LogP contribution in [0.3, 0.4) is 0 Å². The molecule has 3 N–H and O–H groups in total. The molecule has 0 bridgehead atoms. The van der Waals surface area contributed by atoms with Crippen LogP contribution in [-0.2, 0) is 12.7 Å². The molecular weight excluding hydrogens is 298 g/mol. The van der Waals surface area contributed by atoms with Gasteiger partial charge >= 0.3 is 6.18 Å². The van der Waals surface area contributed by atoms with E-state index in [9.17, 15) is 22.7 Å². The number of aromatic hydroxyl groups is 1. The van der Waals surface area contributed by atoms with Crippen molar-refractivity contribution in [2.75, 3.05) is 0 Å². The molecule has 0 heterocycles. The van der Waals surface area contributed by atoms with E-state index in [0.717, 1.165) is 5.56 Å². The minimum Gasteiger partial charge on any atom is -0.507 e. The van der Waals surface area contributed by atoms with E-state index in [-0.39, 0.29) is 29.0 Å². The molecule has 0 aliphatic carbocycles. The number of phenols is 1. The van der Waals surface area contributed by atoms with Gasteiger partial charge in [0.1, 0.15) is 11.6 Å². The third-order valence-electron chi connectivity index (χ3n) is 3.42. The summed E-state index contributed by atoms with van der Waals surface area (Å²) in [6.07, 6.45) is -4.84. The Kier molecular flexibility index (Phi) is 4.15. The molecule has 2 aromatic carbocycles. The normalized spacial score (nSPS) is 11.8. The van der Waals surface area contributed by atoms with Crippen LogP contribution in [0.5, 0.6) is 5.75 Å². The van der Waals surface area contributed by atoms with Gasteiger partial charge in [-0.2, -0.15) is 13.2 Å². The summed E-state index contributed by atoms with van der Waals surface area (Å²) in [5, 5.41) is 10.0. The van der Waals surface area contributed by atoms with E-state index >= 15 is 0 Å². The molecule has 0 aliphatic rings. The highest BCUT2D eigenvalue weighted by Gasteiger charge is 2.35. The molecule has 0 unspecified atom stereocenters. The number of hydrogen-bond donors (Lipinski definition) is 2. The number of benzene rings is 2. The minimum atomic E-state index is -4.84. The highest BCUT2D eigenvalue weighted by Crippen LogP contribution is 2.39. The Morgan fingerprint density at radius 3 is 2.23 bits per heavy atom. The molecule has 0 aliphatic heterocycles. The second-order valence-corrected chi connectivity index (χ2v) is 5.17. The molecular formula is C16H15F4NO. The summed E-state index contributed by atoms with van der Waals surface area (Å²) in [5.74, 6) is -1.52. The summed E-state index contributed by atoms with van der Waals surface area (Å²) in [6.45, 7) is 3.06. The lowest BCUT2D eigenvalue weighted by Crippen LogP contribution is -2.12. The molecule has 2 nitrogen and oxygen atoms in total.